The van der Waals surface area contributed by atoms with E-state index in [0.717, 1.165) is 16.7 Å². The van der Waals surface area contributed by atoms with Crippen molar-refractivity contribution in [3.63, 3.8) is 0 Å². The van der Waals surface area contributed by atoms with Crippen molar-refractivity contribution in [1.29, 1.82) is 5.41 Å². The van der Waals surface area contributed by atoms with Gasteiger partial charge in [0.2, 0.25) is 0 Å². The van der Waals surface area contributed by atoms with Gasteiger partial charge >= 0.3 is 0 Å². The summed E-state index contributed by atoms with van der Waals surface area (Å²) in [6.45, 7) is 6.36. The molecule has 0 bridgehead atoms. The number of fused-ring (bicyclic) bond motifs is 1. The molecule has 20 heavy (non-hydrogen) atoms. The van der Waals surface area contributed by atoms with Crippen LogP contribution in [0.3, 0.4) is 0 Å². The molecule has 2 aromatic carbocycles. The molecule has 0 atom stereocenters. The first-order valence-electron chi connectivity index (χ1n) is 6.63. The minimum atomic E-state index is 0.251. The zero-order chi connectivity index (χ0) is 14.4. The largest absolute Gasteiger partial charge is 0.383 e. The molecule has 0 saturated carbocycles. The summed E-state index contributed by atoms with van der Waals surface area (Å²) in [6.07, 6.45) is 0. The number of hydrogen-bond donors (Lipinski definition) is 2. The molecule has 0 amide bonds. The third-order valence-corrected chi connectivity index (χ3v) is 3.93. The molecule has 1 heterocycles. The normalized spacial score (nSPS) is 13.3. The number of benzene rings is 2. The highest BCUT2D eigenvalue weighted by molar-refractivity contribution is 6.21. The van der Waals surface area contributed by atoms with Crippen LogP contribution in [0.15, 0.2) is 35.3 Å². The van der Waals surface area contributed by atoms with Crippen LogP contribution in [0.2, 0.25) is 0 Å². The van der Waals surface area contributed by atoms with Crippen LogP contribution < -0.4 is 5.73 Å². The maximum atomic E-state index is 7.88. The Hall–Kier alpha value is -2.42. The van der Waals surface area contributed by atoms with Gasteiger partial charge in [0.1, 0.15) is 5.84 Å². The van der Waals surface area contributed by atoms with Gasteiger partial charge in [-0.2, -0.15) is 0 Å². The highest BCUT2D eigenvalue weighted by atomic mass is 14.9. The molecule has 2 aromatic rings. The summed E-state index contributed by atoms with van der Waals surface area (Å²) in [5, 5.41) is 7.88. The van der Waals surface area contributed by atoms with Gasteiger partial charge in [0, 0.05) is 11.1 Å². The van der Waals surface area contributed by atoms with E-state index in [2.05, 4.69) is 44.0 Å². The fraction of sp³-hybridized carbons (Fsp3) is 0.176. The van der Waals surface area contributed by atoms with Gasteiger partial charge in [0.15, 0.2) is 5.84 Å². The lowest BCUT2D eigenvalue weighted by atomic mass is 9.93. The zero-order valence-electron chi connectivity index (χ0n) is 11.9. The van der Waals surface area contributed by atoms with Gasteiger partial charge in [-0.15, -0.1) is 0 Å². The van der Waals surface area contributed by atoms with Crippen molar-refractivity contribution < 1.29 is 0 Å². The van der Waals surface area contributed by atoms with Gasteiger partial charge in [-0.1, -0.05) is 18.2 Å². The molecule has 0 aromatic heterocycles. The zero-order valence-corrected chi connectivity index (χ0v) is 11.9. The number of amidine groups is 2. The predicted molar refractivity (Wildman–Crippen MR) is 83.6 cm³/mol. The van der Waals surface area contributed by atoms with Gasteiger partial charge in [0.25, 0.3) is 0 Å². The summed E-state index contributed by atoms with van der Waals surface area (Å²) >= 11 is 0. The van der Waals surface area contributed by atoms with Crippen LogP contribution in [0.5, 0.6) is 0 Å². The van der Waals surface area contributed by atoms with E-state index in [1.165, 1.54) is 22.3 Å². The Morgan fingerprint density at radius 2 is 1.55 bits per heavy atom. The van der Waals surface area contributed by atoms with Crippen LogP contribution in [0.25, 0.3) is 11.1 Å². The molecule has 3 heteroatoms. The molecule has 0 fully saturated rings. The summed E-state index contributed by atoms with van der Waals surface area (Å²) in [4.78, 5) is 4.02. The lowest BCUT2D eigenvalue weighted by Gasteiger charge is -2.11. The molecule has 0 unspecified atom stereocenters. The second-order valence-corrected chi connectivity index (χ2v) is 5.36. The van der Waals surface area contributed by atoms with Crippen molar-refractivity contribution >= 4 is 11.7 Å². The third-order valence-electron chi connectivity index (χ3n) is 3.93. The molecule has 0 spiro atoms. The fourth-order valence-corrected chi connectivity index (χ4v) is 2.64. The topological polar surface area (TPSA) is 62.2 Å². The van der Waals surface area contributed by atoms with E-state index in [-0.39, 0.29) is 5.84 Å². The van der Waals surface area contributed by atoms with Crippen LogP contribution in [-0.4, -0.2) is 11.7 Å². The first-order chi connectivity index (χ1) is 9.47. The number of nitrogens with one attached hydrogen (secondary N) is 1. The van der Waals surface area contributed by atoms with E-state index < -0.39 is 0 Å². The minimum Gasteiger partial charge on any atom is -0.383 e. The average molecular weight is 263 g/mol. The third kappa shape index (κ3) is 1.83. The predicted octanol–water partition coefficient (Wildman–Crippen LogP) is 3.32. The van der Waals surface area contributed by atoms with Crippen molar-refractivity contribution in [2.24, 2.45) is 10.7 Å². The summed E-state index contributed by atoms with van der Waals surface area (Å²) in [6, 6.07) is 10.4. The first-order valence-corrected chi connectivity index (χ1v) is 6.63. The molecule has 100 valence electrons. The number of hydrogen-bond acceptors (Lipinski definition) is 2. The summed E-state index contributed by atoms with van der Waals surface area (Å²) in [5.74, 6) is 0.689. The van der Waals surface area contributed by atoms with E-state index in [4.69, 9.17) is 11.1 Å². The van der Waals surface area contributed by atoms with Crippen molar-refractivity contribution in [3.05, 3.63) is 58.1 Å². The van der Waals surface area contributed by atoms with Crippen molar-refractivity contribution in [3.8, 4) is 11.1 Å². The van der Waals surface area contributed by atoms with Crippen LogP contribution in [0.1, 0.15) is 27.8 Å². The molecule has 0 aliphatic carbocycles. The molecule has 0 saturated heterocycles. The molecule has 3 nitrogen and oxygen atoms in total. The van der Waals surface area contributed by atoms with Crippen LogP contribution in [0.4, 0.5) is 0 Å². The number of aryl methyl sites for hydroxylation is 3. The molecule has 3 N–H and O–H groups in total. The fourth-order valence-electron chi connectivity index (χ4n) is 2.64. The van der Waals surface area contributed by atoms with Crippen LogP contribution in [0, 0.1) is 26.2 Å². The summed E-state index contributed by atoms with van der Waals surface area (Å²) < 4.78 is 0. The van der Waals surface area contributed by atoms with Gasteiger partial charge in [-0.3, -0.25) is 5.41 Å². The van der Waals surface area contributed by atoms with E-state index in [1.54, 1.807) is 0 Å². The molecule has 1 aliphatic heterocycles. The lowest BCUT2D eigenvalue weighted by Crippen LogP contribution is -2.10. The van der Waals surface area contributed by atoms with Crippen LogP contribution in [-0.2, 0) is 0 Å². The van der Waals surface area contributed by atoms with E-state index in [0.29, 0.717) is 5.84 Å². The Balaban J connectivity index is 2.17. The molecular formula is C17H17N3. The van der Waals surface area contributed by atoms with Gasteiger partial charge in [-0.05, 0) is 60.7 Å². The Kier molecular flexibility index (Phi) is 2.71. The Morgan fingerprint density at radius 3 is 2.30 bits per heavy atom. The Labute approximate surface area is 118 Å². The second kappa shape index (κ2) is 4.30. The highest BCUT2D eigenvalue weighted by Crippen LogP contribution is 2.29. The van der Waals surface area contributed by atoms with Crippen molar-refractivity contribution in [2.45, 2.75) is 20.8 Å². The van der Waals surface area contributed by atoms with Gasteiger partial charge in [0.05, 0.1) is 0 Å². The van der Waals surface area contributed by atoms with E-state index >= 15 is 0 Å². The van der Waals surface area contributed by atoms with Crippen LogP contribution >= 0.6 is 0 Å². The minimum absolute atomic E-state index is 0.251. The van der Waals surface area contributed by atoms with E-state index in [1.807, 2.05) is 12.1 Å². The van der Waals surface area contributed by atoms with E-state index in [9.17, 15) is 0 Å². The number of nitrogens with zero attached hydrogens (tertiary/aromatic N) is 1. The quantitative estimate of drug-likeness (QED) is 0.814. The van der Waals surface area contributed by atoms with Crippen molar-refractivity contribution in [2.75, 3.05) is 0 Å². The lowest BCUT2D eigenvalue weighted by molar-refractivity contribution is 1.30. The van der Waals surface area contributed by atoms with Crippen molar-refractivity contribution in [1.82, 2.24) is 0 Å². The molecule has 0 radical (unpaired) electrons. The smallest absolute Gasteiger partial charge is 0.154 e. The first kappa shape index (κ1) is 12.6. The average Bonchev–Trinajstić information content (AvgIpc) is 2.69. The molecular weight excluding hydrogens is 246 g/mol. The number of nitrogens with two attached hydrogens (primary N) is 1. The maximum absolute atomic E-state index is 7.88. The summed E-state index contributed by atoms with van der Waals surface area (Å²) in [7, 11) is 0. The standard InChI is InChI=1S/C17H17N3/c1-9-6-11(3)14(7-10(9)2)12-4-5-13-15(8-12)17(19)20-16(13)18/h4-8H,1-3H3,(H3,18,19,20). The number of rotatable bonds is 1. The SMILES string of the molecule is Cc1cc(C)c(-c2ccc3c(c2)C(=N)N=C3N)cc1C. The Morgan fingerprint density at radius 1 is 0.850 bits per heavy atom. The van der Waals surface area contributed by atoms with Gasteiger partial charge < -0.3 is 5.73 Å². The van der Waals surface area contributed by atoms with Gasteiger partial charge in [-0.25, -0.2) is 4.99 Å². The molecule has 1 aliphatic rings. The highest BCUT2D eigenvalue weighted by Gasteiger charge is 2.19. The monoisotopic (exact) mass is 263 g/mol. The summed E-state index contributed by atoms with van der Waals surface area (Å²) in [5.41, 5.74) is 13.6. The maximum Gasteiger partial charge on any atom is 0.154 e. The molecule has 3 rings (SSSR count). The Bertz CT molecular complexity index is 770. The number of aliphatic imine (C=N–C) groups is 1. The second-order valence-electron chi connectivity index (χ2n) is 5.36.